The molecule has 4 nitrogen and oxygen atoms in total. The number of nitrogens with one attached hydrogen (secondary N) is 1. The molecule has 0 spiro atoms. The molecule has 1 aliphatic carbocycles. The molecule has 2 heterocycles. The number of benzene rings is 1. The molecule has 27 heavy (non-hydrogen) atoms. The largest absolute Gasteiger partial charge is 0.360 e. The van der Waals surface area contributed by atoms with Crippen molar-refractivity contribution in [1.82, 2.24) is 9.66 Å². The Morgan fingerprint density at radius 2 is 2.00 bits per heavy atom. The van der Waals surface area contributed by atoms with Crippen LogP contribution in [0.4, 0.5) is 0 Å². The maximum atomic E-state index is 6.45. The van der Waals surface area contributed by atoms with Gasteiger partial charge in [-0.1, -0.05) is 42.5 Å². The van der Waals surface area contributed by atoms with Crippen LogP contribution in [-0.2, 0) is 0 Å². The first-order valence-corrected chi connectivity index (χ1v) is 10.7. The van der Waals surface area contributed by atoms with Crippen LogP contribution in [0.5, 0.6) is 0 Å². The summed E-state index contributed by atoms with van der Waals surface area (Å²) in [6.45, 7) is 0. The van der Waals surface area contributed by atoms with Crippen LogP contribution >= 0.6 is 34.5 Å². The van der Waals surface area contributed by atoms with Gasteiger partial charge in [0, 0.05) is 22.2 Å². The van der Waals surface area contributed by atoms with Gasteiger partial charge in [0.1, 0.15) is 0 Å². The summed E-state index contributed by atoms with van der Waals surface area (Å²) in [5.74, 6) is 0. The molecule has 0 bridgehead atoms. The number of aromatic nitrogens is 2. The van der Waals surface area contributed by atoms with Gasteiger partial charge in [-0.2, -0.15) is 5.10 Å². The quantitative estimate of drug-likeness (QED) is 0.507. The van der Waals surface area contributed by atoms with E-state index in [1.54, 1.807) is 23.6 Å². The molecule has 0 saturated heterocycles. The van der Waals surface area contributed by atoms with E-state index in [0.717, 1.165) is 34.6 Å². The topological polar surface area (TPSA) is 45.4 Å². The fourth-order valence-electron chi connectivity index (χ4n) is 3.29. The Hall–Kier alpha value is -1.82. The van der Waals surface area contributed by atoms with Crippen molar-refractivity contribution in [2.45, 2.75) is 38.1 Å². The average molecular weight is 419 g/mol. The number of aromatic amines is 1. The molecule has 4 rings (SSSR count). The van der Waals surface area contributed by atoms with Gasteiger partial charge in [-0.3, -0.25) is 4.99 Å². The van der Waals surface area contributed by atoms with Gasteiger partial charge in [-0.15, -0.1) is 11.3 Å². The van der Waals surface area contributed by atoms with Crippen molar-refractivity contribution < 1.29 is 0 Å². The Bertz CT molecular complexity index is 995. The van der Waals surface area contributed by atoms with Gasteiger partial charge in [-0.25, -0.2) is 4.68 Å². The van der Waals surface area contributed by atoms with Crippen molar-refractivity contribution in [3.63, 3.8) is 0 Å². The summed E-state index contributed by atoms with van der Waals surface area (Å²) in [6.07, 6.45) is 9.77. The van der Waals surface area contributed by atoms with Gasteiger partial charge >= 0.3 is 0 Å². The number of halogens is 2. The van der Waals surface area contributed by atoms with Gasteiger partial charge in [-0.05, 0) is 43.2 Å². The zero-order valence-electron chi connectivity index (χ0n) is 14.7. The van der Waals surface area contributed by atoms with Crippen LogP contribution in [0.1, 0.15) is 37.8 Å². The second-order valence-corrected chi connectivity index (χ2v) is 8.31. The lowest BCUT2D eigenvalue weighted by molar-refractivity contribution is 0.435. The molecule has 0 radical (unpaired) electrons. The normalized spacial score (nSPS) is 16.4. The summed E-state index contributed by atoms with van der Waals surface area (Å²) >= 11 is 14.2. The van der Waals surface area contributed by atoms with E-state index in [4.69, 9.17) is 33.3 Å². The Morgan fingerprint density at radius 3 is 2.78 bits per heavy atom. The molecule has 3 aromatic rings. The third-order valence-electron chi connectivity index (χ3n) is 4.69. The van der Waals surface area contributed by atoms with Gasteiger partial charge < -0.3 is 4.98 Å². The van der Waals surface area contributed by atoms with E-state index in [9.17, 15) is 0 Å². The average Bonchev–Trinajstić information content (AvgIpc) is 3.33. The molecule has 0 amide bonds. The van der Waals surface area contributed by atoms with Crippen molar-refractivity contribution in [3.05, 3.63) is 62.4 Å². The SMILES string of the molecule is Clc1ccc(Cl)c(-c2csc(=NC3CCCCC3)n2N=Cc2ccc[nH]2)c1. The number of thiazole rings is 1. The zero-order valence-corrected chi connectivity index (χ0v) is 17.1. The van der Waals surface area contributed by atoms with Gasteiger partial charge in [0.05, 0.1) is 28.7 Å². The van der Waals surface area contributed by atoms with Crippen LogP contribution in [0.2, 0.25) is 10.0 Å². The molecule has 1 saturated carbocycles. The molecular formula is C20H20Cl2N4S. The van der Waals surface area contributed by atoms with Crippen LogP contribution in [0.25, 0.3) is 11.3 Å². The monoisotopic (exact) mass is 418 g/mol. The lowest BCUT2D eigenvalue weighted by atomic mass is 9.96. The van der Waals surface area contributed by atoms with Crippen LogP contribution in [0.3, 0.4) is 0 Å². The Balaban J connectivity index is 1.81. The summed E-state index contributed by atoms with van der Waals surface area (Å²) in [7, 11) is 0. The van der Waals surface area contributed by atoms with Crippen molar-refractivity contribution in [1.29, 1.82) is 0 Å². The molecule has 1 aliphatic rings. The maximum absolute atomic E-state index is 6.45. The molecule has 1 aromatic carbocycles. The molecule has 0 atom stereocenters. The zero-order chi connectivity index (χ0) is 18.6. The van der Waals surface area contributed by atoms with Crippen LogP contribution in [0, 0.1) is 0 Å². The first-order chi connectivity index (χ1) is 13.2. The molecule has 0 unspecified atom stereocenters. The predicted octanol–water partition coefficient (Wildman–Crippen LogP) is 5.97. The minimum Gasteiger partial charge on any atom is -0.360 e. The first kappa shape index (κ1) is 18.5. The number of hydrogen-bond donors (Lipinski definition) is 1. The summed E-state index contributed by atoms with van der Waals surface area (Å²) in [5, 5.41) is 8.03. The third kappa shape index (κ3) is 4.37. The molecule has 1 fully saturated rings. The van der Waals surface area contributed by atoms with Gasteiger partial charge in [0.25, 0.3) is 0 Å². The minimum absolute atomic E-state index is 0.368. The van der Waals surface area contributed by atoms with E-state index >= 15 is 0 Å². The summed E-state index contributed by atoms with van der Waals surface area (Å²) in [5.41, 5.74) is 2.68. The predicted molar refractivity (Wildman–Crippen MR) is 114 cm³/mol. The minimum atomic E-state index is 0.368. The smallest absolute Gasteiger partial charge is 0.206 e. The van der Waals surface area contributed by atoms with Crippen LogP contribution < -0.4 is 4.80 Å². The van der Waals surface area contributed by atoms with E-state index in [2.05, 4.69) is 4.98 Å². The first-order valence-electron chi connectivity index (χ1n) is 9.08. The van der Waals surface area contributed by atoms with Gasteiger partial charge in [0.2, 0.25) is 4.80 Å². The maximum Gasteiger partial charge on any atom is 0.206 e. The molecule has 2 aromatic heterocycles. The molecule has 1 N–H and O–H groups in total. The third-order valence-corrected chi connectivity index (χ3v) is 6.09. The lowest BCUT2D eigenvalue weighted by Gasteiger charge is -2.16. The van der Waals surface area contributed by atoms with E-state index in [0.29, 0.717) is 16.1 Å². The van der Waals surface area contributed by atoms with E-state index in [1.807, 2.05) is 40.5 Å². The second-order valence-electron chi connectivity index (χ2n) is 6.63. The Morgan fingerprint density at radius 1 is 1.15 bits per heavy atom. The van der Waals surface area contributed by atoms with E-state index < -0.39 is 0 Å². The molecule has 0 aliphatic heterocycles. The highest BCUT2D eigenvalue weighted by Gasteiger charge is 2.15. The highest BCUT2D eigenvalue weighted by molar-refractivity contribution is 7.07. The fourth-order valence-corrected chi connectivity index (χ4v) is 4.58. The highest BCUT2D eigenvalue weighted by atomic mass is 35.5. The van der Waals surface area contributed by atoms with Crippen LogP contribution in [-0.4, -0.2) is 21.9 Å². The number of H-pyrrole nitrogens is 1. The number of nitrogens with zero attached hydrogens (tertiary/aromatic N) is 3. The number of hydrogen-bond acceptors (Lipinski definition) is 3. The Kier molecular flexibility index (Phi) is 5.81. The molecular weight excluding hydrogens is 399 g/mol. The fraction of sp³-hybridized carbons (Fsp3) is 0.300. The van der Waals surface area contributed by atoms with Crippen molar-refractivity contribution >= 4 is 40.8 Å². The molecule has 140 valence electrons. The van der Waals surface area contributed by atoms with Gasteiger partial charge in [0.15, 0.2) is 0 Å². The van der Waals surface area contributed by atoms with E-state index in [-0.39, 0.29) is 0 Å². The van der Waals surface area contributed by atoms with Crippen molar-refractivity contribution in [3.8, 4) is 11.3 Å². The number of rotatable bonds is 4. The lowest BCUT2D eigenvalue weighted by Crippen LogP contribution is -2.19. The summed E-state index contributed by atoms with van der Waals surface area (Å²) < 4.78 is 1.87. The second kappa shape index (κ2) is 8.46. The van der Waals surface area contributed by atoms with E-state index in [1.165, 1.54) is 19.3 Å². The molecule has 7 heteroatoms. The Labute approximate surface area is 172 Å². The standard InChI is InChI=1S/C20H20Cl2N4S/c21-14-8-9-18(22)17(11-14)19-13-27-20(25-15-5-2-1-3-6-15)26(19)24-12-16-7-4-10-23-16/h4,7-13,15,23H,1-3,5-6H2. The van der Waals surface area contributed by atoms with Crippen LogP contribution in [0.15, 0.2) is 52.0 Å². The summed E-state index contributed by atoms with van der Waals surface area (Å²) in [4.78, 5) is 9.03. The van der Waals surface area contributed by atoms with Crippen molar-refractivity contribution in [2.75, 3.05) is 0 Å². The van der Waals surface area contributed by atoms with Crippen molar-refractivity contribution in [2.24, 2.45) is 10.1 Å². The summed E-state index contributed by atoms with van der Waals surface area (Å²) in [6, 6.07) is 9.76. The highest BCUT2D eigenvalue weighted by Crippen LogP contribution is 2.31.